The van der Waals surface area contributed by atoms with Crippen LogP contribution in [0.4, 0.5) is 5.69 Å². The molecule has 2 aromatic carbocycles. The fourth-order valence-electron chi connectivity index (χ4n) is 4.50. The van der Waals surface area contributed by atoms with Gasteiger partial charge < -0.3 is 10.1 Å². The first-order valence-electron chi connectivity index (χ1n) is 9.01. The van der Waals surface area contributed by atoms with E-state index in [2.05, 4.69) is 0 Å². The molecule has 0 saturated carbocycles. The van der Waals surface area contributed by atoms with Crippen LogP contribution in [-0.2, 0) is 19.1 Å². The smallest absolute Gasteiger partial charge is 0.368 e. The molecule has 2 amide bonds. The van der Waals surface area contributed by atoms with E-state index in [1.807, 2.05) is 18.2 Å². The number of hydrogen-bond donors (Lipinski definition) is 1. The minimum Gasteiger partial charge on any atom is -0.464 e. The van der Waals surface area contributed by atoms with E-state index < -0.39 is 29.4 Å². The lowest BCUT2D eigenvalue weighted by Gasteiger charge is -2.25. The van der Waals surface area contributed by atoms with E-state index in [1.54, 1.807) is 48.6 Å². The number of amides is 2. The summed E-state index contributed by atoms with van der Waals surface area (Å²) in [5, 5.41) is 2.36. The molecule has 0 radical (unpaired) electrons. The first kappa shape index (κ1) is 18.7. The number of para-hydroxylation sites is 1. The number of nitrogens with two attached hydrogens (primary N) is 1. The fraction of sp³-hybridized carbons (Fsp3) is 0.286. The molecular weight excluding hydrogens is 380 g/mol. The van der Waals surface area contributed by atoms with Crippen LogP contribution in [-0.4, -0.2) is 30.4 Å². The van der Waals surface area contributed by atoms with Gasteiger partial charge in [-0.3, -0.25) is 9.59 Å². The fourth-order valence-corrected chi connectivity index (χ4v) is 4.62. The lowest BCUT2D eigenvalue weighted by atomic mass is 9.80. The van der Waals surface area contributed by atoms with Crippen molar-refractivity contribution < 1.29 is 24.4 Å². The number of benzene rings is 2. The summed E-state index contributed by atoms with van der Waals surface area (Å²) in [6, 6.07) is 15.5. The van der Waals surface area contributed by atoms with Crippen molar-refractivity contribution in [3.05, 3.63) is 65.2 Å². The number of carbonyl (C=O) groups excluding carboxylic acids is 3. The van der Waals surface area contributed by atoms with Gasteiger partial charge in [0.15, 0.2) is 0 Å². The number of quaternary nitrogens is 1. The van der Waals surface area contributed by atoms with Crippen LogP contribution in [0.3, 0.4) is 0 Å². The highest BCUT2D eigenvalue weighted by atomic mass is 35.5. The van der Waals surface area contributed by atoms with Gasteiger partial charge in [0.1, 0.15) is 17.9 Å². The molecule has 4 rings (SSSR count). The van der Waals surface area contributed by atoms with Gasteiger partial charge in [0, 0.05) is 17.5 Å². The van der Waals surface area contributed by atoms with E-state index in [4.69, 9.17) is 16.3 Å². The van der Waals surface area contributed by atoms with Crippen molar-refractivity contribution in [3.63, 3.8) is 0 Å². The van der Waals surface area contributed by atoms with E-state index in [0.717, 1.165) is 5.56 Å². The molecule has 4 atom stereocenters. The second kappa shape index (κ2) is 6.72. The SMILES string of the molecule is COC(=O)[C@]1(C)[NH2+][C@@H](c2ccc(Cl)cc2)[C@H]2C(=O)N(c3ccccc3)C(=O)[C@@H]21. The van der Waals surface area contributed by atoms with Crippen molar-refractivity contribution >= 4 is 35.1 Å². The molecule has 0 spiro atoms. The monoisotopic (exact) mass is 399 g/mol. The molecular formula is C21H20ClN2O4+. The average Bonchev–Trinajstić information content (AvgIpc) is 3.16. The lowest BCUT2D eigenvalue weighted by Crippen LogP contribution is -2.97. The first-order chi connectivity index (χ1) is 13.4. The van der Waals surface area contributed by atoms with Crippen LogP contribution in [0.15, 0.2) is 54.6 Å². The maximum Gasteiger partial charge on any atom is 0.368 e. The number of rotatable bonds is 3. The van der Waals surface area contributed by atoms with Gasteiger partial charge in [-0.05, 0) is 24.3 Å². The molecule has 0 unspecified atom stereocenters. The van der Waals surface area contributed by atoms with Gasteiger partial charge in [0.25, 0.3) is 0 Å². The Morgan fingerprint density at radius 1 is 1.07 bits per heavy atom. The average molecular weight is 400 g/mol. The summed E-state index contributed by atoms with van der Waals surface area (Å²) < 4.78 is 5.00. The van der Waals surface area contributed by atoms with Crippen LogP contribution in [0.2, 0.25) is 5.02 Å². The van der Waals surface area contributed by atoms with E-state index in [1.165, 1.54) is 12.0 Å². The summed E-state index contributed by atoms with van der Waals surface area (Å²) in [5.41, 5.74) is 0.150. The van der Waals surface area contributed by atoms with Crippen molar-refractivity contribution in [2.24, 2.45) is 11.8 Å². The van der Waals surface area contributed by atoms with Crippen molar-refractivity contribution in [2.45, 2.75) is 18.5 Å². The van der Waals surface area contributed by atoms with Gasteiger partial charge in [-0.25, -0.2) is 9.69 Å². The van der Waals surface area contributed by atoms with Crippen LogP contribution in [0.25, 0.3) is 0 Å². The molecule has 0 aliphatic carbocycles. The molecule has 2 aliphatic heterocycles. The maximum absolute atomic E-state index is 13.4. The van der Waals surface area contributed by atoms with Gasteiger partial charge in [-0.15, -0.1) is 0 Å². The van der Waals surface area contributed by atoms with Crippen LogP contribution >= 0.6 is 11.6 Å². The number of carbonyl (C=O) groups is 3. The molecule has 7 heteroatoms. The third kappa shape index (κ3) is 2.64. The van der Waals surface area contributed by atoms with E-state index in [-0.39, 0.29) is 11.8 Å². The largest absolute Gasteiger partial charge is 0.464 e. The quantitative estimate of drug-likeness (QED) is 0.629. The summed E-state index contributed by atoms with van der Waals surface area (Å²) in [6.07, 6.45) is 0. The minimum absolute atomic E-state index is 0.301. The molecule has 2 fully saturated rings. The Kier molecular flexibility index (Phi) is 4.48. The number of anilines is 1. The van der Waals surface area contributed by atoms with E-state index in [9.17, 15) is 14.4 Å². The van der Waals surface area contributed by atoms with Crippen molar-refractivity contribution in [1.29, 1.82) is 0 Å². The lowest BCUT2D eigenvalue weighted by molar-refractivity contribution is -0.730. The van der Waals surface area contributed by atoms with E-state index >= 15 is 0 Å². The Hall–Kier alpha value is -2.70. The van der Waals surface area contributed by atoms with Crippen molar-refractivity contribution in [3.8, 4) is 0 Å². The number of esters is 1. The molecule has 0 aromatic heterocycles. The van der Waals surface area contributed by atoms with E-state index in [0.29, 0.717) is 10.7 Å². The van der Waals surface area contributed by atoms with Gasteiger partial charge in [0.05, 0.1) is 12.8 Å². The van der Waals surface area contributed by atoms with Gasteiger partial charge in [-0.1, -0.05) is 41.9 Å². The normalized spacial score (nSPS) is 29.1. The zero-order valence-electron chi connectivity index (χ0n) is 15.5. The molecule has 2 saturated heterocycles. The van der Waals surface area contributed by atoms with Crippen molar-refractivity contribution in [2.75, 3.05) is 12.0 Å². The second-order valence-corrected chi connectivity index (χ2v) is 7.81. The zero-order valence-corrected chi connectivity index (χ0v) is 16.2. The molecule has 144 valence electrons. The Morgan fingerprint density at radius 3 is 2.32 bits per heavy atom. The number of hydrogen-bond acceptors (Lipinski definition) is 4. The molecule has 0 bridgehead atoms. The van der Waals surface area contributed by atoms with Crippen LogP contribution in [0, 0.1) is 11.8 Å². The number of methoxy groups -OCH3 is 1. The predicted molar refractivity (Wildman–Crippen MR) is 102 cm³/mol. The number of ether oxygens (including phenoxy) is 1. The van der Waals surface area contributed by atoms with Gasteiger partial charge >= 0.3 is 5.97 Å². The summed E-state index contributed by atoms with van der Waals surface area (Å²) in [7, 11) is 1.29. The van der Waals surface area contributed by atoms with Crippen LogP contribution in [0.1, 0.15) is 18.5 Å². The maximum atomic E-state index is 13.4. The second-order valence-electron chi connectivity index (χ2n) is 7.37. The molecule has 2 heterocycles. The molecule has 2 aromatic rings. The third-order valence-electron chi connectivity index (χ3n) is 5.80. The Balaban J connectivity index is 1.82. The number of nitrogens with zero attached hydrogens (tertiary/aromatic N) is 1. The molecule has 6 nitrogen and oxygen atoms in total. The summed E-state index contributed by atoms with van der Waals surface area (Å²) in [6.45, 7) is 1.67. The van der Waals surface area contributed by atoms with Gasteiger partial charge in [-0.2, -0.15) is 0 Å². The number of imide groups is 1. The number of fused-ring (bicyclic) bond motifs is 1. The highest BCUT2D eigenvalue weighted by Crippen LogP contribution is 2.45. The third-order valence-corrected chi connectivity index (χ3v) is 6.06. The Morgan fingerprint density at radius 2 is 1.71 bits per heavy atom. The topological polar surface area (TPSA) is 80.3 Å². The Bertz CT molecular complexity index is 947. The zero-order chi connectivity index (χ0) is 20.1. The van der Waals surface area contributed by atoms with Crippen LogP contribution in [0.5, 0.6) is 0 Å². The minimum atomic E-state index is -1.19. The van der Waals surface area contributed by atoms with Crippen molar-refractivity contribution in [1.82, 2.24) is 0 Å². The summed E-state index contributed by atoms with van der Waals surface area (Å²) in [5.74, 6) is -2.67. The standard InChI is InChI=1S/C21H19ClN2O4/c1-21(20(27)28-2)16-15(17(23-21)12-8-10-13(22)11-9-12)18(25)24(19(16)26)14-6-4-3-5-7-14/h3-11,15-17,23H,1-2H3/p+1/t15-,16+,17-,21+/m0/s1. The van der Waals surface area contributed by atoms with Gasteiger partial charge in [0.2, 0.25) is 17.4 Å². The predicted octanol–water partition coefficient (Wildman–Crippen LogP) is 1.70. The molecule has 2 aliphatic rings. The molecule has 28 heavy (non-hydrogen) atoms. The highest BCUT2D eigenvalue weighted by Gasteiger charge is 2.70. The summed E-state index contributed by atoms with van der Waals surface area (Å²) in [4.78, 5) is 40.5. The number of halogens is 1. The Labute approximate surface area is 167 Å². The molecule has 2 N–H and O–H groups in total. The van der Waals surface area contributed by atoms with Crippen LogP contribution < -0.4 is 10.2 Å². The first-order valence-corrected chi connectivity index (χ1v) is 9.39. The highest BCUT2D eigenvalue weighted by molar-refractivity contribution is 6.30. The summed E-state index contributed by atoms with van der Waals surface area (Å²) >= 11 is 6.00.